The minimum Gasteiger partial charge on any atom is -0.481 e. The maximum absolute atomic E-state index is 13.5. The lowest BCUT2D eigenvalue weighted by Crippen LogP contribution is -2.34. The third-order valence-electron chi connectivity index (χ3n) is 6.51. The van der Waals surface area contributed by atoms with Crippen molar-refractivity contribution in [3.8, 4) is 0 Å². The summed E-state index contributed by atoms with van der Waals surface area (Å²) in [5.41, 5.74) is 4.23. The summed E-state index contributed by atoms with van der Waals surface area (Å²) in [4.78, 5) is 38.9. The van der Waals surface area contributed by atoms with Gasteiger partial charge in [-0.1, -0.05) is 66.7 Å². The monoisotopic (exact) mass is 514 g/mol. The lowest BCUT2D eigenvalue weighted by Gasteiger charge is -2.24. The van der Waals surface area contributed by atoms with Gasteiger partial charge in [-0.15, -0.1) is 11.8 Å². The first-order chi connectivity index (χ1) is 17.8. The van der Waals surface area contributed by atoms with Crippen LogP contribution in [-0.2, 0) is 14.4 Å². The van der Waals surface area contributed by atoms with Crippen molar-refractivity contribution in [2.45, 2.75) is 36.8 Å². The molecule has 37 heavy (non-hydrogen) atoms. The van der Waals surface area contributed by atoms with Gasteiger partial charge in [-0.25, -0.2) is 0 Å². The zero-order chi connectivity index (χ0) is 26.4. The van der Waals surface area contributed by atoms with E-state index in [0.29, 0.717) is 18.5 Å². The van der Waals surface area contributed by atoms with E-state index in [1.807, 2.05) is 92.7 Å². The first-order valence-electron chi connectivity index (χ1n) is 12.2. The Morgan fingerprint density at radius 2 is 1.49 bits per heavy atom. The van der Waals surface area contributed by atoms with Gasteiger partial charge >= 0.3 is 5.97 Å². The molecule has 0 bridgehead atoms. The number of allylic oxidation sites excluding steroid dienone is 2. The minimum atomic E-state index is -0.964. The van der Waals surface area contributed by atoms with Crippen molar-refractivity contribution < 1.29 is 19.5 Å². The van der Waals surface area contributed by atoms with Crippen LogP contribution in [0.4, 0.5) is 11.4 Å². The van der Waals surface area contributed by atoms with E-state index < -0.39 is 23.1 Å². The molecule has 1 aliphatic rings. The molecule has 0 fully saturated rings. The van der Waals surface area contributed by atoms with Gasteiger partial charge in [-0.05, 0) is 61.6 Å². The predicted octanol–water partition coefficient (Wildman–Crippen LogP) is 6.38. The molecule has 3 aromatic rings. The molecule has 0 spiro atoms. The van der Waals surface area contributed by atoms with Gasteiger partial charge in [0, 0.05) is 16.3 Å². The predicted molar refractivity (Wildman–Crippen MR) is 148 cm³/mol. The minimum absolute atomic E-state index is 0.138. The number of benzene rings is 3. The summed E-state index contributed by atoms with van der Waals surface area (Å²) in [6.45, 7) is 3.94. The number of carbonyl (C=O) groups is 3. The molecule has 0 heterocycles. The summed E-state index contributed by atoms with van der Waals surface area (Å²) < 4.78 is 0. The van der Waals surface area contributed by atoms with Crippen LogP contribution < -0.4 is 10.6 Å². The Balaban J connectivity index is 1.54. The molecule has 0 aliphatic heterocycles. The second-order valence-electron chi connectivity index (χ2n) is 9.18. The van der Waals surface area contributed by atoms with Crippen LogP contribution in [0.1, 0.15) is 34.8 Å². The largest absolute Gasteiger partial charge is 0.481 e. The van der Waals surface area contributed by atoms with Crippen LogP contribution in [0.3, 0.4) is 0 Å². The van der Waals surface area contributed by atoms with Crippen LogP contribution >= 0.6 is 11.8 Å². The van der Waals surface area contributed by atoms with Crippen LogP contribution in [0.5, 0.6) is 0 Å². The summed E-state index contributed by atoms with van der Waals surface area (Å²) in [7, 11) is 0. The fourth-order valence-corrected chi connectivity index (χ4v) is 5.58. The van der Waals surface area contributed by atoms with Crippen molar-refractivity contribution in [2.75, 3.05) is 10.6 Å². The van der Waals surface area contributed by atoms with E-state index in [9.17, 15) is 19.5 Å². The lowest BCUT2D eigenvalue weighted by molar-refractivity contribution is -0.146. The van der Waals surface area contributed by atoms with Gasteiger partial charge < -0.3 is 15.7 Å². The number of para-hydroxylation sites is 1. The second-order valence-corrected chi connectivity index (χ2v) is 10.4. The highest BCUT2D eigenvalue weighted by atomic mass is 32.2. The van der Waals surface area contributed by atoms with E-state index in [-0.39, 0.29) is 11.8 Å². The van der Waals surface area contributed by atoms with Crippen molar-refractivity contribution in [2.24, 2.45) is 11.8 Å². The molecule has 3 N–H and O–H groups in total. The van der Waals surface area contributed by atoms with E-state index in [4.69, 9.17) is 0 Å². The highest BCUT2D eigenvalue weighted by molar-refractivity contribution is 8.00. The fourth-order valence-electron chi connectivity index (χ4n) is 4.50. The topological polar surface area (TPSA) is 95.5 Å². The molecule has 6 nitrogen and oxygen atoms in total. The number of carboxylic acids is 1. The van der Waals surface area contributed by atoms with E-state index in [0.717, 1.165) is 27.3 Å². The van der Waals surface area contributed by atoms with Crippen LogP contribution in [0.15, 0.2) is 89.8 Å². The number of amides is 2. The van der Waals surface area contributed by atoms with E-state index in [1.165, 1.54) is 11.8 Å². The molecule has 1 aliphatic carbocycles. The highest BCUT2D eigenvalue weighted by Gasteiger charge is 2.34. The van der Waals surface area contributed by atoms with Crippen molar-refractivity contribution in [1.82, 2.24) is 0 Å². The van der Waals surface area contributed by atoms with Gasteiger partial charge in [0.15, 0.2) is 0 Å². The van der Waals surface area contributed by atoms with Crippen molar-refractivity contribution in [3.05, 3.63) is 102 Å². The van der Waals surface area contributed by atoms with E-state index in [2.05, 4.69) is 10.6 Å². The quantitative estimate of drug-likeness (QED) is 0.239. The zero-order valence-electron chi connectivity index (χ0n) is 20.8. The molecule has 0 saturated heterocycles. The average Bonchev–Trinajstić information content (AvgIpc) is 2.90. The smallest absolute Gasteiger partial charge is 0.307 e. The summed E-state index contributed by atoms with van der Waals surface area (Å²) in [6.07, 6.45) is 4.41. The number of aliphatic carboxylic acids is 1. The van der Waals surface area contributed by atoms with Crippen molar-refractivity contribution in [1.29, 1.82) is 0 Å². The molecule has 0 saturated carbocycles. The Labute approximate surface area is 221 Å². The summed E-state index contributed by atoms with van der Waals surface area (Å²) in [5.74, 6) is -2.78. The Bertz CT molecular complexity index is 1300. The van der Waals surface area contributed by atoms with Gasteiger partial charge in [-0.3, -0.25) is 14.4 Å². The zero-order valence-corrected chi connectivity index (χ0v) is 21.6. The molecule has 3 unspecified atom stereocenters. The molecule has 190 valence electrons. The van der Waals surface area contributed by atoms with Crippen LogP contribution in [0.2, 0.25) is 0 Å². The highest BCUT2D eigenvalue weighted by Crippen LogP contribution is 2.38. The van der Waals surface area contributed by atoms with Crippen molar-refractivity contribution >= 4 is 40.9 Å². The maximum atomic E-state index is 13.5. The Morgan fingerprint density at radius 1 is 0.838 bits per heavy atom. The summed E-state index contributed by atoms with van der Waals surface area (Å²) in [5, 5.41) is 15.0. The van der Waals surface area contributed by atoms with Crippen LogP contribution in [-0.4, -0.2) is 22.9 Å². The van der Waals surface area contributed by atoms with Gasteiger partial charge in [-0.2, -0.15) is 0 Å². The van der Waals surface area contributed by atoms with Crippen LogP contribution in [0, 0.1) is 25.7 Å². The molecular weight excluding hydrogens is 484 g/mol. The summed E-state index contributed by atoms with van der Waals surface area (Å²) in [6, 6.07) is 22.8. The number of anilines is 2. The van der Waals surface area contributed by atoms with E-state index >= 15 is 0 Å². The first kappa shape index (κ1) is 26.2. The van der Waals surface area contributed by atoms with E-state index in [1.54, 1.807) is 6.07 Å². The van der Waals surface area contributed by atoms with Gasteiger partial charge in [0.05, 0.1) is 11.8 Å². The third kappa shape index (κ3) is 6.49. The number of thioether (sulfide) groups is 1. The molecule has 2 amide bonds. The molecular formula is C30H30N2O4S. The molecule has 0 aromatic heterocycles. The third-order valence-corrected chi connectivity index (χ3v) is 7.76. The number of carboxylic acid groups (broad SMARTS) is 1. The number of carbonyl (C=O) groups excluding carboxylic acids is 2. The maximum Gasteiger partial charge on any atom is 0.307 e. The van der Waals surface area contributed by atoms with Crippen molar-refractivity contribution in [3.63, 3.8) is 0 Å². The first-order valence-corrected chi connectivity index (χ1v) is 13.1. The Kier molecular flexibility index (Phi) is 8.46. The Morgan fingerprint density at radius 3 is 2.16 bits per heavy atom. The second kappa shape index (κ2) is 11.9. The number of rotatable bonds is 8. The number of hydrogen-bond donors (Lipinski definition) is 3. The molecule has 3 aromatic carbocycles. The normalized spacial score (nSPS) is 17.6. The Hall–Kier alpha value is -3.84. The number of aryl methyl sites for hydroxylation is 2. The van der Waals surface area contributed by atoms with Crippen LogP contribution in [0.25, 0.3) is 0 Å². The van der Waals surface area contributed by atoms with Gasteiger partial charge in [0.25, 0.3) is 0 Å². The molecule has 4 rings (SSSR count). The average molecular weight is 515 g/mol. The summed E-state index contributed by atoms with van der Waals surface area (Å²) >= 11 is 1.39. The SMILES string of the molecule is Cc1cccc(C)c1NC(=O)C(Sc1cccc(NC(=O)C2CC=CCC2C(=O)O)c1)c1ccccc1. The number of hydrogen-bond acceptors (Lipinski definition) is 4. The molecule has 0 radical (unpaired) electrons. The standard InChI is InChI=1S/C30H30N2O4S/c1-19-10-8-11-20(2)26(19)32-29(34)27(21-12-4-3-5-13-21)37-23-15-9-14-22(18-23)31-28(33)24-16-6-7-17-25(24)30(35)36/h3-15,18,24-25,27H,16-17H2,1-2H3,(H,31,33)(H,32,34)(H,35,36). The molecule has 7 heteroatoms. The molecule has 3 atom stereocenters. The lowest BCUT2D eigenvalue weighted by atomic mass is 9.82. The van der Waals surface area contributed by atoms with Gasteiger partial charge in [0.2, 0.25) is 11.8 Å². The fraction of sp³-hybridized carbons (Fsp3) is 0.233. The number of nitrogens with one attached hydrogen (secondary N) is 2. The van der Waals surface area contributed by atoms with Gasteiger partial charge in [0.1, 0.15) is 5.25 Å².